The van der Waals surface area contributed by atoms with Crippen molar-refractivity contribution in [2.45, 2.75) is 38.8 Å². The van der Waals surface area contributed by atoms with Crippen molar-refractivity contribution in [2.24, 2.45) is 5.92 Å². The highest BCUT2D eigenvalue weighted by Crippen LogP contribution is 2.16. The summed E-state index contributed by atoms with van der Waals surface area (Å²) in [6.45, 7) is 5.97. The van der Waals surface area contributed by atoms with Gasteiger partial charge in [-0.2, -0.15) is 0 Å². The van der Waals surface area contributed by atoms with Gasteiger partial charge < -0.3 is 19.5 Å². The van der Waals surface area contributed by atoms with E-state index in [1.165, 1.54) is 7.11 Å². The lowest BCUT2D eigenvalue weighted by Crippen LogP contribution is -2.42. The first-order valence-corrected chi connectivity index (χ1v) is 11.8. The molecule has 1 amide bonds. The van der Waals surface area contributed by atoms with Gasteiger partial charge in [0.2, 0.25) is 5.91 Å². The standard InChI is InChI=1S/C24H34N6O3/c1-28-12-3-4-20(17-28)23(31)25-11-9-21-26-27-22-10-13-29(14-15-30(21)22)16-18-5-7-19(8-6-18)24(32)33-2/h5-8,20H,3-4,9-17H2,1-2H3,(H,25,31)/t20-/m1/s1. The first kappa shape index (κ1) is 23.4. The lowest BCUT2D eigenvalue weighted by molar-refractivity contribution is -0.126. The second-order valence-electron chi connectivity index (χ2n) is 9.04. The molecule has 0 bridgehead atoms. The van der Waals surface area contributed by atoms with Crippen LogP contribution in [0.2, 0.25) is 0 Å². The zero-order chi connectivity index (χ0) is 23.2. The highest BCUT2D eigenvalue weighted by atomic mass is 16.5. The number of nitrogens with one attached hydrogen (secondary N) is 1. The number of rotatable bonds is 7. The van der Waals surface area contributed by atoms with Gasteiger partial charge >= 0.3 is 5.97 Å². The van der Waals surface area contributed by atoms with Crippen LogP contribution in [0, 0.1) is 5.92 Å². The van der Waals surface area contributed by atoms with Crippen molar-refractivity contribution < 1.29 is 14.3 Å². The van der Waals surface area contributed by atoms with Crippen molar-refractivity contribution in [3.8, 4) is 0 Å². The first-order chi connectivity index (χ1) is 16.0. The van der Waals surface area contributed by atoms with E-state index in [1.807, 2.05) is 24.3 Å². The summed E-state index contributed by atoms with van der Waals surface area (Å²) >= 11 is 0. The molecule has 0 unspecified atom stereocenters. The van der Waals surface area contributed by atoms with E-state index in [-0.39, 0.29) is 17.8 Å². The van der Waals surface area contributed by atoms with Crippen LogP contribution in [0.1, 0.15) is 40.4 Å². The molecule has 2 aliphatic heterocycles. The van der Waals surface area contributed by atoms with Gasteiger partial charge in [0.15, 0.2) is 0 Å². The Kier molecular flexibility index (Phi) is 7.72. The highest BCUT2D eigenvalue weighted by Gasteiger charge is 2.24. The molecule has 178 valence electrons. The molecule has 0 aliphatic carbocycles. The molecule has 0 radical (unpaired) electrons. The first-order valence-electron chi connectivity index (χ1n) is 11.8. The number of methoxy groups -OCH3 is 1. The number of hydrogen-bond donors (Lipinski definition) is 1. The van der Waals surface area contributed by atoms with Crippen LogP contribution in [0.3, 0.4) is 0 Å². The quantitative estimate of drug-likeness (QED) is 0.627. The van der Waals surface area contributed by atoms with Gasteiger partial charge in [0.05, 0.1) is 18.6 Å². The molecule has 1 atom stereocenters. The number of hydrogen-bond acceptors (Lipinski definition) is 7. The highest BCUT2D eigenvalue weighted by molar-refractivity contribution is 5.89. The second-order valence-corrected chi connectivity index (χ2v) is 9.04. The molecular weight excluding hydrogens is 420 g/mol. The summed E-state index contributed by atoms with van der Waals surface area (Å²) in [5.74, 6) is 1.88. The van der Waals surface area contributed by atoms with Crippen LogP contribution in [0.5, 0.6) is 0 Å². The van der Waals surface area contributed by atoms with E-state index in [1.54, 1.807) is 0 Å². The molecule has 2 aliphatic rings. The molecule has 1 saturated heterocycles. The van der Waals surface area contributed by atoms with Gasteiger partial charge in [-0.1, -0.05) is 12.1 Å². The maximum Gasteiger partial charge on any atom is 0.337 e. The molecule has 2 aromatic rings. The summed E-state index contributed by atoms with van der Waals surface area (Å²) in [7, 11) is 3.47. The predicted octanol–water partition coefficient (Wildman–Crippen LogP) is 1.12. The SMILES string of the molecule is COC(=O)c1ccc(CN2CCc3nnc(CCNC(=O)[C@@H]4CCCN(C)C4)n3CC2)cc1. The summed E-state index contributed by atoms with van der Waals surface area (Å²) < 4.78 is 6.98. The molecule has 3 heterocycles. The third-order valence-corrected chi connectivity index (χ3v) is 6.62. The number of aromatic nitrogens is 3. The zero-order valence-electron chi connectivity index (χ0n) is 19.6. The third-order valence-electron chi connectivity index (χ3n) is 6.62. The monoisotopic (exact) mass is 454 g/mol. The van der Waals surface area contributed by atoms with Gasteiger partial charge in [0.25, 0.3) is 0 Å². The second kappa shape index (κ2) is 10.9. The largest absolute Gasteiger partial charge is 0.465 e. The van der Waals surface area contributed by atoms with Crippen LogP contribution >= 0.6 is 0 Å². The number of piperidine rings is 1. The minimum atomic E-state index is -0.316. The minimum absolute atomic E-state index is 0.0921. The fourth-order valence-corrected chi connectivity index (χ4v) is 4.71. The van der Waals surface area contributed by atoms with Crippen molar-refractivity contribution in [3.63, 3.8) is 0 Å². The number of fused-ring (bicyclic) bond motifs is 1. The molecule has 33 heavy (non-hydrogen) atoms. The normalized spacial score (nSPS) is 19.5. The number of carbonyl (C=O) groups is 2. The molecular formula is C24H34N6O3. The Balaban J connectivity index is 1.27. The van der Waals surface area contributed by atoms with Gasteiger partial charge in [-0.15, -0.1) is 10.2 Å². The fourth-order valence-electron chi connectivity index (χ4n) is 4.71. The van der Waals surface area contributed by atoms with E-state index in [0.29, 0.717) is 18.5 Å². The average Bonchev–Trinajstić information content (AvgIpc) is 3.10. The van der Waals surface area contributed by atoms with Crippen LogP contribution in [-0.2, 0) is 35.5 Å². The Hall–Kier alpha value is -2.78. The summed E-state index contributed by atoms with van der Waals surface area (Å²) in [5, 5.41) is 11.9. The summed E-state index contributed by atoms with van der Waals surface area (Å²) in [6, 6.07) is 7.59. The van der Waals surface area contributed by atoms with Crippen LogP contribution in [0.4, 0.5) is 0 Å². The Morgan fingerprint density at radius 2 is 1.94 bits per heavy atom. The van der Waals surface area contributed by atoms with Gasteiger partial charge in [-0.3, -0.25) is 9.69 Å². The lowest BCUT2D eigenvalue weighted by atomic mass is 9.97. The number of esters is 1. The Bertz CT molecular complexity index is 958. The predicted molar refractivity (Wildman–Crippen MR) is 124 cm³/mol. The zero-order valence-corrected chi connectivity index (χ0v) is 19.6. The minimum Gasteiger partial charge on any atom is -0.465 e. The van der Waals surface area contributed by atoms with Gasteiger partial charge in [0, 0.05) is 52.1 Å². The van der Waals surface area contributed by atoms with Crippen LogP contribution < -0.4 is 5.32 Å². The van der Waals surface area contributed by atoms with Crippen LogP contribution in [-0.4, -0.2) is 83.3 Å². The smallest absolute Gasteiger partial charge is 0.337 e. The molecule has 1 fully saturated rings. The molecule has 4 rings (SSSR count). The third kappa shape index (κ3) is 5.97. The van der Waals surface area contributed by atoms with E-state index < -0.39 is 0 Å². The van der Waals surface area contributed by atoms with E-state index in [2.05, 4.69) is 36.9 Å². The van der Waals surface area contributed by atoms with Crippen molar-refractivity contribution in [1.82, 2.24) is 29.9 Å². The molecule has 0 spiro atoms. The topological polar surface area (TPSA) is 92.6 Å². The molecule has 9 nitrogen and oxygen atoms in total. The molecule has 9 heteroatoms. The summed E-state index contributed by atoms with van der Waals surface area (Å²) in [6.07, 6.45) is 3.58. The fraction of sp³-hybridized carbons (Fsp3) is 0.583. The lowest BCUT2D eigenvalue weighted by Gasteiger charge is -2.28. The van der Waals surface area contributed by atoms with Gasteiger partial charge in [0.1, 0.15) is 11.6 Å². The van der Waals surface area contributed by atoms with Crippen molar-refractivity contribution in [1.29, 1.82) is 0 Å². The average molecular weight is 455 g/mol. The Labute approximate surface area is 195 Å². The maximum absolute atomic E-state index is 12.5. The number of ether oxygens (including phenoxy) is 1. The van der Waals surface area contributed by atoms with Crippen molar-refractivity contribution in [2.75, 3.05) is 46.9 Å². The Morgan fingerprint density at radius 3 is 2.70 bits per heavy atom. The summed E-state index contributed by atoms with van der Waals surface area (Å²) in [4.78, 5) is 28.7. The van der Waals surface area contributed by atoms with Crippen LogP contribution in [0.25, 0.3) is 0 Å². The van der Waals surface area contributed by atoms with E-state index in [4.69, 9.17) is 4.74 Å². The van der Waals surface area contributed by atoms with Crippen LogP contribution in [0.15, 0.2) is 24.3 Å². The van der Waals surface area contributed by atoms with E-state index in [9.17, 15) is 9.59 Å². The Morgan fingerprint density at radius 1 is 1.12 bits per heavy atom. The molecule has 0 saturated carbocycles. The van der Waals surface area contributed by atoms with Gasteiger partial charge in [-0.05, 0) is 44.1 Å². The molecule has 1 aromatic carbocycles. The maximum atomic E-state index is 12.5. The van der Waals surface area contributed by atoms with E-state index in [0.717, 1.165) is 75.7 Å². The van der Waals surface area contributed by atoms with E-state index >= 15 is 0 Å². The van der Waals surface area contributed by atoms with Crippen molar-refractivity contribution in [3.05, 3.63) is 47.0 Å². The number of carbonyl (C=O) groups excluding carboxylic acids is 2. The number of likely N-dealkylation sites (tertiary alicyclic amines) is 1. The summed E-state index contributed by atoms with van der Waals surface area (Å²) in [5.41, 5.74) is 1.73. The number of amides is 1. The molecule has 1 N–H and O–H groups in total. The molecule has 1 aromatic heterocycles. The number of nitrogens with zero attached hydrogens (tertiary/aromatic N) is 5. The number of benzene rings is 1. The van der Waals surface area contributed by atoms with Crippen molar-refractivity contribution >= 4 is 11.9 Å². The van der Waals surface area contributed by atoms with Gasteiger partial charge in [-0.25, -0.2) is 4.79 Å².